The number of carbonyl (C=O) groups excluding carboxylic acids is 1. The maximum Gasteiger partial charge on any atom is 0.273 e. The second-order valence-electron chi connectivity index (χ2n) is 5.48. The normalized spacial score (nSPS) is 12.4. The Hall–Kier alpha value is -2.14. The standard InChI is InChI=1S/C16H21N3O2/c1-11(2)8-13(10-17)18-16(20)14-9-15(21-19-14)12-6-4-3-5-7-12/h3-7,9,11,13H,8,10,17H2,1-2H3,(H,18,20). The largest absolute Gasteiger partial charge is 0.355 e. The van der Waals surface area contributed by atoms with Gasteiger partial charge in [0.05, 0.1) is 0 Å². The molecule has 0 aliphatic heterocycles. The molecule has 0 aliphatic carbocycles. The van der Waals surface area contributed by atoms with Gasteiger partial charge in [0.1, 0.15) is 0 Å². The molecule has 0 bridgehead atoms. The van der Waals surface area contributed by atoms with E-state index in [1.54, 1.807) is 6.07 Å². The van der Waals surface area contributed by atoms with E-state index < -0.39 is 0 Å². The Morgan fingerprint density at radius 1 is 1.33 bits per heavy atom. The lowest BCUT2D eigenvalue weighted by molar-refractivity contribution is 0.0924. The number of rotatable bonds is 6. The van der Waals surface area contributed by atoms with Gasteiger partial charge in [0.25, 0.3) is 5.91 Å². The zero-order valence-corrected chi connectivity index (χ0v) is 12.4. The van der Waals surface area contributed by atoms with Crippen LogP contribution in [-0.2, 0) is 0 Å². The number of hydrogen-bond donors (Lipinski definition) is 2. The molecule has 5 nitrogen and oxygen atoms in total. The molecule has 1 amide bonds. The van der Waals surface area contributed by atoms with Crippen molar-refractivity contribution in [2.45, 2.75) is 26.3 Å². The number of nitrogens with zero attached hydrogens (tertiary/aromatic N) is 1. The topological polar surface area (TPSA) is 81.1 Å². The molecule has 0 saturated carbocycles. The van der Waals surface area contributed by atoms with E-state index >= 15 is 0 Å². The van der Waals surface area contributed by atoms with Gasteiger partial charge >= 0.3 is 0 Å². The van der Waals surface area contributed by atoms with Crippen LogP contribution in [0.15, 0.2) is 40.9 Å². The Labute approximate surface area is 124 Å². The lowest BCUT2D eigenvalue weighted by atomic mass is 10.0. The van der Waals surface area contributed by atoms with Crippen LogP contribution in [0.3, 0.4) is 0 Å². The van der Waals surface area contributed by atoms with Crippen LogP contribution in [0.2, 0.25) is 0 Å². The van der Waals surface area contributed by atoms with E-state index in [2.05, 4.69) is 24.3 Å². The molecule has 0 fully saturated rings. The Morgan fingerprint density at radius 2 is 2.05 bits per heavy atom. The fourth-order valence-corrected chi connectivity index (χ4v) is 2.16. The van der Waals surface area contributed by atoms with Gasteiger partial charge in [0.2, 0.25) is 0 Å². The van der Waals surface area contributed by atoms with E-state index in [0.29, 0.717) is 18.2 Å². The minimum absolute atomic E-state index is 0.0469. The zero-order chi connectivity index (χ0) is 15.2. The maximum atomic E-state index is 12.2. The number of benzene rings is 1. The first kappa shape index (κ1) is 15.3. The van der Waals surface area contributed by atoms with Crippen molar-refractivity contribution < 1.29 is 9.32 Å². The Morgan fingerprint density at radius 3 is 2.67 bits per heavy atom. The van der Waals surface area contributed by atoms with Gasteiger partial charge in [0, 0.05) is 24.2 Å². The minimum atomic E-state index is -0.253. The van der Waals surface area contributed by atoms with Crippen molar-refractivity contribution in [3.63, 3.8) is 0 Å². The quantitative estimate of drug-likeness (QED) is 0.855. The van der Waals surface area contributed by atoms with Gasteiger partial charge in [-0.2, -0.15) is 0 Å². The summed E-state index contributed by atoms with van der Waals surface area (Å²) in [5.74, 6) is 0.793. The average Bonchev–Trinajstić information content (AvgIpc) is 2.97. The highest BCUT2D eigenvalue weighted by Crippen LogP contribution is 2.19. The first-order valence-corrected chi connectivity index (χ1v) is 7.13. The smallest absolute Gasteiger partial charge is 0.273 e. The van der Waals surface area contributed by atoms with Gasteiger partial charge in [0.15, 0.2) is 11.5 Å². The van der Waals surface area contributed by atoms with Crippen LogP contribution >= 0.6 is 0 Å². The summed E-state index contributed by atoms with van der Waals surface area (Å²) in [7, 11) is 0. The minimum Gasteiger partial charge on any atom is -0.355 e. The zero-order valence-electron chi connectivity index (χ0n) is 12.4. The average molecular weight is 287 g/mol. The van der Waals surface area contributed by atoms with Gasteiger partial charge in [-0.3, -0.25) is 4.79 Å². The van der Waals surface area contributed by atoms with Gasteiger partial charge < -0.3 is 15.6 Å². The van der Waals surface area contributed by atoms with Crippen molar-refractivity contribution in [2.24, 2.45) is 11.7 Å². The Kier molecular flexibility index (Phi) is 5.11. The second-order valence-corrected chi connectivity index (χ2v) is 5.48. The van der Waals surface area contributed by atoms with Crippen molar-refractivity contribution in [3.05, 3.63) is 42.1 Å². The molecule has 3 N–H and O–H groups in total. The molecule has 2 rings (SSSR count). The SMILES string of the molecule is CC(C)CC(CN)NC(=O)c1cc(-c2ccccc2)on1. The number of nitrogens with two attached hydrogens (primary N) is 1. The lowest BCUT2D eigenvalue weighted by Gasteiger charge is -2.17. The van der Waals surface area contributed by atoms with Crippen LogP contribution < -0.4 is 11.1 Å². The second kappa shape index (κ2) is 7.04. The predicted octanol–water partition coefficient (Wildman–Crippen LogP) is 2.44. The van der Waals surface area contributed by atoms with Gasteiger partial charge in [-0.1, -0.05) is 49.3 Å². The molecule has 1 unspecified atom stereocenters. The highest BCUT2D eigenvalue weighted by atomic mass is 16.5. The summed E-state index contributed by atoms with van der Waals surface area (Å²) in [6.07, 6.45) is 0.839. The van der Waals surface area contributed by atoms with Crippen molar-refractivity contribution in [1.29, 1.82) is 0 Å². The summed E-state index contributed by atoms with van der Waals surface area (Å²) in [5, 5.41) is 6.72. The van der Waals surface area contributed by atoms with E-state index in [4.69, 9.17) is 10.3 Å². The summed E-state index contributed by atoms with van der Waals surface area (Å²) in [4.78, 5) is 12.2. The molecule has 2 aromatic rings. The van der Waals surface area contributed by atoms with E-state index in [1.807, 2.05) is 30.3 Å². The first-order valence-electron chi connectivity index (χ1n) is 7.13. The van der Waals surface area contributed by atoms with Gasteiger partial charge in [-0.15, -0.1) is 0 Å². The van der Waals surface area contributed by atoms with Crippen molar-refractivity contribution in [2.75, 3.05) is 6.54 Å². The van der Waals surface area contributed by atoms with E-state index in [0.717, 1.165) is 12.0 Å². The van der Waals surface area contributed by atoms with Crippen molar-refractivity contribution >= 4 is 5.91 Å². The first-order chi connectivity index (χ1) is 10.1. The monoisotopic (exact) mass is 287 g/mol. The third-order valence-electron chi connectivity index (χ3n) is 3.18. The number of hydrogen-bond acceptors (Lipinski definition) is 4. The van der Waals surface area contributed by atoms with Crippen molar-refractivity contribution in [3.8, 4) is 11.3 Å². The summed E-state index contributed by atoms with van der Waals surface area (Å²) in [5.41, 5.74) is 6.85. The molecular formula is C16H21N3O2. The predicted molar refractivity (Wildman–Crippen MR) is 81.7 cm³/mol. The maximum absolute atomic E-state index is 12.2. The molecule has 0 aliphatic rings. The third kappa shape index (κ3) is 4.16. The van der Waals surface area contributed by atoms with E-state index in [1.165, 1.54) is 0 Å². The summed E-state index contributed by atoms with van der Waals surface area (Å²) in [6, 6.07) is 11.1. The number of carbonyl (C=O) groups is 1. The number of aromatic nitrogens is 1. The summed E-state index contributed by atoms with van der Waals surface area (Å²) >= 11 is 0. The molecule has 0 saturated heterocycles. The molecule has 0 spiro atoms. The third-order valence-corrected chi connectivity index (χ3v) is 3.18. The molecule has 5 heteroatoms. The Balaban J connectivity index is 2.05. The van der Waals surface area contributed by atoms with Crippen LogP contribution in [-0.4, -0.2) is 23.7 Å². The molecular weight excluding hydrogens is 266 g/mol. The highest BCUT2D eigenvalue weighted by Gasteiger charge is 2.17. The van der Waals surface area contributed by atoms with Gasteiger partial charge in [-0.05, 0) is 12.3 Å². The van der Waals surface area contributed by atoms with E-state index in [9.17, 15) is 4.79 Å². The molecule has 1 heterocycles. The molecule has 1 atom stereocenters. The lowest BCUT2D eigenvalue weighted by Crippen LogP contribution is -2.41. The van der Waals surface area contributed by atoms with Crippen molar-refractivity contribution in [1.82, 2.24) is 10.5 Å². The fourth-order valence-electron chi connectivity index (χ4n) is 2.16. The van der Waals surface area contributed by atoms with Gasteiger partial charge in [-0.25, -0.2) is 0 Å². The van der Waals surface area contributed by atoms with Crippen LogP contribution in [0.4, 0.5) is 0 Å². The van der Waals surface area contributed by atoms with Crippen LogP contribution in [0, 0.1) is 5.92 Å². The molecule has 1 aromatic heterocycles. The van der Waals surface area contributed by atoms with Crippen LogP contribution in [0.1, 0.15) is 30.8 Å². The molecule has 112 valence electrons. The van der Waals surface area contributed by atoms with Crippen LogP contribution in [0.25, 0.3) is 11.3 Å². The number of nitrogens with one attached hydrogen (secondary N) is 1. The summed E-state index contributed by atoms with van der Waals surface area (Å²) in [6.45, 7) is 4.60. The molecule has 0 radical (unpaired) electrons. The van der Waals surface area contributed by atoms with Crippen LogP contribution in [0.5, 0.6) is 0 Å². The Bertz CT molecular complexity index is 578. The molecule has 1 aromatic carbocycles. The summed E-state index contributed by atoms with van der Waals surface area (Å²) < 4.78 is 5.23. The number of amides is 1. The van der Waals surface area contributed by atoms with E-state index in [-0.39, 0.29) is 17.6 Å². The molecule has 21 heavy (non-hydrogen) atoms. The highest BCUT2D eigenvalue weighted by molar-refractivity contribution is 5.93. The fraction of sp³-hybridized carbons (Fsp3) is 0.375.